The largest absolute Gasteiger partial charge is 0.377 e. The van der Waals surface area contributed by atoms with Gasteiger partial charge < -0.3 is 15.0 Å². The number of morpholine rings is 1. The highest BCUT2D eigenvalue weighted by atomic mass is 16.5. The van der Waals surface area contributed by atoms with Crippen molar-refractivity contribution in [2.45, 2.75) is 19.4 Å². The van der Waals surface area contributed by atoms with Gasteiger partial charge in [0.2, 0.25) is 0 Å². The summed E-state index contributed by atoms with van der Waals surface area (Å²) in [6.07, 6.45) is 3.06. The van der Waals surface area contributed by atoms with Gasteiger partial charge in [-0.2, -0.15) is 0 Å². The van der Waals surface area contributed by atoms with Crippen molar-refractivity contribution in [3.63, 3.8) is 0 Å². The van der Waals surface area contributed by atoms with Crippen LogP contribution in [0, 0.1) is 0 Å². The first-order valence-corrected chi connectivity index (χ1v) is 5.94. The Labute approximate surface area is 106 Å². The lowest BCUT2D eigenvalue weighted by Crippen LogP contribution is -2.55. The first-order chi connectivity index (χ1) is 8.54. The first kappa shape index (κ1) is 12.8. The standard InChI is InChI=1S/C12H18N4O2/c1-12(2)8-18-5-4-16(12)11(17)9-6-15-10(13-3)7-14-9/h6-7H,4-5,8H2,1-3H3,(H,13,15). The topological polar surface area (TPSA) is 67.4 Å². The summed E-state index contributed by atoms with van der Waals surface area (Å²) in [5, 5.41) is 2.87. The lowest BCUT2D eigenvalue weighted by Gasteiger charge is -2.41. The van der Waals surface area contributed by atoms with Crippen LogP contribution < -0.4 is 5.32 Å². The zero-order valence-electron chi connectivity index (χ0n) is 10.9. The normalized spacial score (nSPS) is 18.5. The van der Waals surface area contributed by atoms with Crippen LogP contribution in [-0.2, 0) is 4.74 Å². The van der Waals surface area contributed by atoms with E-state index in [1.165, 1.54) is 6.20 Å². The molecular weight excluding hydrogens is 232 g/mol. The number of aromatic nitrogens is 2. The molecule has 0 spiro atoms. The Morgan fingerprint density at radius 1 is 1.44 bits per heavy atom. The second-order valence-corrected chi connectivity index (χ2v) is 4.86. The summed E-state index contributed by atoms with van der Waals surface area (Å²) >= 11 is 0. The van der Waals surface area contributed by atoms with Crippen LogP contribution in [0.25, 0.3) is 0 Å². The molecule has 2 heterocycles. The van der Waals surface area contributed by atoms with Gasteiger partial charge in [-0.3, -0.25) is 4.79 Å². The van der Waals surface area contributed by atoms with Gasteiger partial charge >= 0.3 is 0 Å². The summed E-state index contributed by atoms with van der Waals surface area (Å²) in [4.78, 5) is 22.4. The summed E-state index contributed by atoms with van der Waals surface area (Å²) in [6.45, 7) is 5.66. The molecule has 6 nitrogen and oxygen atoms in total. The fourth-order valence-electron chi connectivity index (χ4n) is 1.94. The molecule has 6 heteroatoms. The second kappa shape index (κ2) is 4.89. The van der Waals surface area contributed by atoms with E-state index in [4.69, 9.17) is 4.74 Å². The molecule has 0 aromatic carbocycles. The molecule has 2 rings (SSSR count). The number of hydrogen-bond acceptors (Lipinski definition) is 5. The third-order valence-corrected chi connectivity index (χ3v) is 3.02. The van der Waals surface area contributed by atoms with Gasteiger partial charge in [-0.05, 0) is 13.8 Å². The van der Waals surface area contributed by atoms with E-state index in [1.54, 1.807) is 18.1 Å². The van der Waals surface area contributed by atoms with E-state index in [0.717, 1.165) is 0 Å². The number of carbonyl (C=O) groups excluding carboxylic acids is 1. The van der Waals surface area contributed by atoms with Crippen molar-refractivity contribution in [1.29, 1.82) is 0 Å². The van der Waals surface area contributed by atoms with Crippen LogP contribution in [0.4, 0.5) is 5.82 Å². The molecule has 0 saturated carbocycles. The molecule has 1 fully saturated rings. The van der Waals surface area contributed by atoms with Gasteiger partial charge in [0.15, 0.2) is 0 Å². The van der Waals surface area contributed by atoms with E-state index in [1.807, 2.05) is 13.8 Å². The highest BCUT2D eigenvalue weighted by molar-refractivity contribution is 5.92. The monoisotopic (exact) mass is 250 g/mol. The molecular formula is C12H18N4O2. The Kier molecular flexibility index (Phi) is 3.47. The minimum absolute atomic E-state index is 0.0987. The minimum Gasteiger partial charge on any atom is -0.377 e. The Hall–Kier alpha value is -1.69. The van der Waals surface area contributed by atoms with Crippen molar-refractivity contribution in [1.82, 2.24) is 14.9 Å². The molecule has 98 valence electrons. The van der Waals surface area contributed by atoms with Crippen LogP contribution in [-0.4, -0.2) is 53.1 Å². The van der Waals surface area contributed by atoms with Gasteiger partial charge in [0.25, 0.3) is 5.91 Å². The maximum absolute atomic E-state index is 12.4. The van der Waals surface area contributed by atoms with Crippen LogP contribution >= 0.6 is 0 Å². The summed E-state index contributed by atoms with van der Waals surface area (Å²) < 4.78 is 5.40. The lowest BCUT2D eigenvalue weighted by atomic mass is 10.0. The SMILES string of the molecule is CNc1cnc(C(=O)N2CCOCC2(C)C)cn1. The average molecular weight is 250 g/mol. The Morgan fingerprint density at radius 2 is 2.22 bits per heavy atom. The zero-order chi connectivity index (χ0) is 13.2. The molecule has 0 unspecified atom stereocenters. The summed E-state index contributed by atoms with van der Waals surface area (Å²) in [6, 6.07) is 0. The van der Waals surface area contributed by atoms with Gasteiger partial charge in [-0.25, -0.2) is 9.97 Å². The second-order valence-electron chi connectivity index (χ2n) is 4.86. The van der Waals surface area contributed by atoms with E-state index in [2.05, 4.69) is 15.3 Å². The molecule has 1 N–H and O–H groups in total. The molecule has 1 amide bonds. The predicted octanol–water partition coefficient (Wildman–Crippen LogP) is 0.769. The number of nitrogens with zero attached hydrogens (tertiary/aromatic N) is 3. The highest BCUT2D eigenvalue weighted by Gasteiger charge is 2.35. The molecule has 1 aromatic rings. The van der Waals surface area contributed by atoms with Gasteiger partial charge in [-0.1, -0.05) is 0 Å². The molecule has 1 aromatic heterocycles. The predicted molar refractivity (Wildman–Crippen MR) is 67.5 cm³/mol. The van der Waals surface area contributed by atoms with Crippen molar-refractivity contribution in [2.24, 2.45) is 0 Å². The van der Waals surface area contributed by atoms with Crippen molar-refractivity contribution in [3.8, 4) is 0 Å². The third-order valence-electron chi connectivity index (χ3n) is 3.02. The molecule has 0 aliphatic carbocycles. The van der Waals surface area contributed by atoms with E-state index < -0.39 is 0 Å². The molecule has 1 aliphatic heterocycles. The number of rotatable bonds is 2. The smallest absolute Gasteiger partial charge is 0.274 e. The van der Waals surface area contributed by atoms with Gasteiger partial charge in [-0.15, -0.1) is 0 Å². The molecule has 0 atom stereocenters. The van der Waals surface area contributed by atoms with Crippen LogP contribution in [0.5, 0.6) is 0 Å². The summed E-state index contributed by atoms with van der Waals surface area (Å²) in [5.41, 5.74) is 0.0579. The molecule has 0 radical (unpaired) electrons. The van der Waals surface area contributed by atoms with Crippen LogP contribution in [0.1, 0.15) is 24.3 Å². The maximum atomic E-state index is 12.4. The summed E-state index contributed by atoms with van der Waals surface area (Å²) in [7, 11) is 1.76. The number of carbonyl (C=O) groups is 1. The number of hydrogen-bond donors (Lipinski definition) is 1. The molecule has 0 bridgehead atoms. The summed E-state index contributed by atoms with van der Waals surface area (Å²) in [5.74, 6) is 0.547. The van der Waals surface area contributed by atoms with E-state index in [-0.39, 0.29) is 11.4 Å². The average Bonchev–Trinajstić information content (AvgIpc) is 2.37. The van der Waals surface area contributed by atoms with Crippen LogP contribution in [0.2, 0.25) is 0 Å². The fraction of sp³-hybridized carbons (Fsp3) is 0.583. The highest BCUT2D eigenvalue weighted by Crippen LogP contribution is 2.20. The van der Waals surface area contributed by atoms with Crippen molar-refractivity contribution in [3.05, 3.63) is 18.1 Å². The number of nitrogens with one attached hydrogen (secondary N) is 1. The van der Waals surface area contributed by atoms with Gasteiger partial charge in [0, 0.05) is 13.6 Å². The minimum atomic E-state index is -0.307. The van der Waals surface area contributed by atoms with E-state index in [9.17, 15) is 4.79 Å². The van der Waals surface area contributed by atoms with Crippen LogP contribution in [0.15, 0.2) is 12.4 Å². The van der Waals surface area contributed by atoms with Crippen LogP contribution in [0.3, 0.4) is 0 Å². The van der Waals surface area contributed by atoms with E-state index in [0.29, 0.717) is 31.3 Å². The Balaban J connectivity index is 2.19. The molecule has 18 heavy (non-hydrogen) atoms. The van der Waals surface area contributed by atoms with Gasteiger partial charge in [0.1, 0.15) is 11.5 Å². The number of ether oxygens (including phenoxy) is 1. The van der Waals surface area contributed by atoms with Gasteiger partial charge in [0.05, 0.1) is 31.1 Å². The Morgan fingerprint density at radius 3 is 2.78 bits per heavy atom. The van der Waals surface area contributed by atoms with E-state index >= 15 is 0 Å². The molecule has 1 saturated heterocycles. The maximum Gasteiger partial charge on any atom is 0.274 e. The number of anilines is 1. The quantitative estimate of drug-likeness (QED) is 0.839. The van der Waals surface area contributed by atoms with Crippen molar-refractivity contribution in [2.75, 3.05) is 32.1 Å². The fourth-order valence-corrected chi connectivity index (χ4v) is 1.94. The Bertz CT molecular complexity index is 430. The molecule has 1 aliphatic rings. The van der Waals surface area contributed by atoms with Crippen molar-refractivity contribution >= 4 is 11.7 Å². The zero-order valence-corrected chi connectivity index (χ0v) is 10.9. The lowest BCUT2D eigenvalue weighted by molar-refractivity contribution is -0.0373. The third kappa shape index (κ3) is 2.43. The van der Waals surface area contributed by atoms with Crippen molar-refractivity contribution < 1.29 is 9.53 Å². The first-order valence-electron chi connectivity index (χ1n) is 5.94. The number of amides is 1.